The lowest BCUT2D eigenvalue weighted by molar-refractivity contribution is -0.146. The quantitative estimate of drug-likeness (QED) is 0.0264. The third-order valence-corrected chi connectivity index (χ3v) is 13.2. The molecule has 1 heterocycles. The molecule has 8 heteroatoms. The Balaban J connectivity index is 2.42. The van der Waals surface area contributed by atoms with Crippen molar-refractivity contribution < 1.29 is 23.9 Å². The van der Waals surface area contributed by atoms with Crippen LogP contribution in [0.2, 0.25) is 0 Å². The van der Waals surface area contributed by atoms with Crippen molar-refractivity contribution in [2.75, 3.05) is 39.9 Å². The molecule has 0 spiro atoms. The topological polar surface area (TPSA) is 76.2 Å². The summed E-state index contributed by atoms with van der Waals surface area (Å²) >= 11 is 6.33. The molecule has 0 aromatic rings. The highest BCUT2D eigenvalue weighted by atomic mass is 35.5. The van der Waals surface area contributed by atoms with Crippen LogP contribution in [0.5, 0.6) is 0 Å². The summed E-state index contributed by atoms with van der Waals surface area (Å²) in [6.07, 6.45) is 38.2. The summed E-state index contributed by atoms with van der Waals surface area (Å²) in [6, 6.07) is 0.192. The predicted octanol–water partition coefficient (Wildman–Crippen LogP) is 15.2. The van der Waals surface area contributed by atoms with E-state index in [1.54, 1.807) is 0 Å². The van der Waals surface area contributed by atoms with Gasteiger partial charge in [-0.1, -0.05) is 169 Å². The number of piperidine rings is 1. The number of amides is 1. The zero-order valence-electron chi connectivity index (χ0n) is 39.7. The molecule has 7 nitrogen and oxygen atoms in total. The summed E-state index contributed by atoms with van der Waals surface area (Å²) in [7, 11) is 2.18. The Hall–Kier alpha value is -1.34. The monoisotopic (exact) mass is 853 g/mol. The molecule has 1 fully saturated rings. The number of hydrogen-bond acceptors (Lipinski definition) is 6. The number of nitrogens with zero attached hydrogens (tertiary/aromatic N) is 2. The van der Waals surface area contributed by atoms with Gasteiger partial charge in [0.2, 0.25) is 0 Å². The van der Waals surface area contributed by atoms with Crippen molar-refractivity contribution in [2.45, 2.75) is 252 Å². The number of carbonyl (C=O) groups excluding carboxylic acids is 3. The van der Waals surface area contributed by atoms with E-state index in [1.807, 2.05) is 4.90 Å². The molecule has 59 heavy (non-hydrogen) atoms. The third kappa shape index (κ3) is 32.1. The number of esters is 2. The third-order valence-electron chi connectivity index (χ3n) is 13.0. The summed E-state index contributed by atoms with van der Waals surface area (Å²) in [4.78, 5) is 42.3. The normalized spacial score (nSPS) is 16.1. The van der Waals surface area contributed by atoms with Crippen LogP contribution in [0.15, 0.2) is 0 Å². The van der Waals surface area contributed by atoms with Crippen molar-refractivity contribution >= 4 is 28.9 Å². The van der Waals surface area contributed by atoms with Crippen LogP contribution >= 0.6 is 11.6 Å². The van der Waals surface area contributed by atoms with E-state index < -0.39 is 0 Å². The SMILES string of the molecule is CCCCCCC(CCCC)COC(=O)CCCCCCCCC(CCCCCCCCC(=O)OCC(CCCC)CCCCCC)N(CC1CCCN(C)C1)C(=O)Cl. The second-order valence-electron chi connectivity index (χ2n) is 18.7. The van der Waals surface area contributed by atoms with E-state index in [2.05, 4.69) is 39.6 Å². The molecule has 0 saturated carbocycles. The van der Waals surface area contributed by atoms with Gasteiger partial charge >= 0.3 is 17.3 Å². The molecule has 0 bridgehead atoms. The van der Waals surface area contributed by atoms with Gasteiger partial charge in [0.15, 0.2) is 0 Å². The van der Waals surface area contributed by atoms with E-state index in [0.717, 1.165) is 116 Å². The van der Waals surface area contributed by atoms with Gasteiger partial charge in [0.1, 0.15) is 0 Å². The lowest BCUT2D eigenvalue weighted by atomic mass is 9.95. The van der Waals surface area contributed by atoms with Crippen LogP contribution in [0, 0.1) is 17.8 Å². The van der Waals surface area contributed by atoms with Crippen molar-refractivity contribution in [2.24, 2.45) is 17.8 Å². The van der Waals surface area contributed by atoms with Crippen molar-refractivity contribution in [1.82, 2.24) is 9.80 Å². The van der Waals surface area contributed by atoms with Gasteiger partial charge in [-0.05, 0) is 107 Å². The molecule has 1 saturated heterocycles. The number of hydrogen-bond donors (Lipinski definition) is 0. The Morgan fingerprint density at radius 2 is 0.949 bits per heavy atom. The minimum absolute atomic E-state index is 0.0209. The predicted molar refractivity (Wildman–Crippen MR) is 251 cm³/mol. The maximum Gasteiger partial charge on any atom is 0.316 e. The highest BCUT2D eigenvalue weighted by molar-refractivity contribution is 6.62. The van der Waals surface area contributed by atoms with Crippen molar-refractivity contribution in [3.05, 3.63) is 0 Å². The highest BCUT2D eigenvalue weighted by Gasteiger charge is 2.27. The summed E-state index contributed by atoms with van der Waals surface area (Å²) in [5, 5.41) is -0.289. The van der Waals surface area contributed by atoms with Gasteiger partial charge in [-0.15, -0.1) is 0 Å². The summed E-state index contributed by atoms with van der Waals surface area (Å²) < 4.78 is 11.5. The number of rotatable bonds is 41. The lowest BCUT2D eigenvalue weighted by Crippen LogP contribution is -2.44. The summed E-state index contributed by atoms with van der Waals surface area (Å²) in [6.45, 7) is 13.1. The molecule has 0 radical (unpaired) electrons. The van der Waals surface area contributed by atoms with Gasteiger partial charge < -0.3 is 19.3 Å². The molecule has 0 N–H and O–H groups in total. The average molecular weight is 854 g/mol. The first-order chi connectivity index (χ1) is 28.7. The van der Waals surface area contributed by atoms with Crippen LogP contribution in [0.3, 0.4) is 0 Å². The van der Waals surface area contributed by atoms with Gasteiger partial charge in [0.05, 0.1) is 13.2 Å². The lowest BCUT2D eigenvalue weighted by Gasteiger charge is -2.37. The Bertz CT molecular complexity index is 941. The number of likely N-dealkylation sites (tertiary alicyclic amines) is 1. The van der Waals surface area contributed by atoms with Crippen LogP contribution in [0.4, 0.5) is 4.79 Å². The first-order valence-electron chi connectivity index (χ1n) is 25.7. The van der Waals surface area contributed by atoms with E-state index in [0.29, 0.717) is 43.8 Å². The van der Waals surface area contributed by atoms with Crippen LogP contribution in [-0.2, 0) is 19.1 Å². The Labute approximate surface area is 371 Å². The van der Waals surface area contributed by atoms with Crippen LogP contribution in [0.1, 0.15) is 246 Å². The standard InChI is InChI=1S/C51H97ClN2O5/c1-6-10-14-24-33-45(31-12-8-3)43-58-49(55)38-28-22-18-16-20-26-36-48(54(51(52)57)42-47-35-30-40-53(5)41-47)37-27-21-17-19-23-29-39-50(56)59-44-46(32-13-9-4)34-25-15-11-7-2/h45-48H,6-44H2,1-5H3. The smallest absolute Gasteiger partial charge is 0.316 e. The van der Waals surface area contributed by atoms with E-state index >= 15 is 0 Å². The number of ether oxygens (including phenoxy) is 2. The molecule has 0 aliphatic carbocycles. The molecule has 3 atom stereocenters. The van der Waals surface area contributed by atoms with Gasteiger partial charge in [0, 0.05) is 32.0 Å². The van der Waals surface area contributed by atoms with E-state index in [9.17, 15) is 14.4 Å². The Kier molecular flexibility index (Phi) is 37.3. The molecular weight excluding hydrogens is 756 g/mol. The van der Waals surface area contributed by atoms with Crippen molar-refractivity contribution in [1.29, 1.82) is 0 Å². The molecule has 0 aromatic heterocycles. The number of unbranched alkanes of at least 4 members (excludes halogenated alkanes) is 18. The molecule has 3 unspecified atom stereocenters. The minimum atomic E-state index is -0.289. The Morgan fingerprint density at radius 1 is 0.559 bits per heavy atom. The first kappa shape index (κ1) is 55.7. The number of halogens is 1. The van der Waals surface area contributed by atoms with Crippen molar-refractivity contribution in [3.8, 4) is 0 Å². The van der Waals surface area contributed by atoms with Crippen molar-refractivity contribution in [3.63, 3.8) is 0 Å². The summed E-state index contributed by atoms with van der Waals surface area (Å²) in [5.74, 6) is 1.48. The molecule has 1 rings (SSSR count). The van der Waals surface area contributed by atoms with Gasteiger partial charge in [-0.25, -0.2) is 0 Å². The van der Waals surface area contributed by atoms with Gasteiger partial charge in [-0.3, -0.25) is 14.4 Å². The van der Waals surface area contributed by atoms with Gasteiger partial charge in [0.25, 0.3) is 0 Å². The van der Waals surface area contributed by atoms with Crippen LogP contribution < -0.4 is 0 Å². The summed E-state index contributed by atoms with van der Waals surface area (Å²) in [5.41, 5.74) is 0. The van der Waals surface area contributed by atoms with E-state index in [-0.39, 0.29) is 23.3 Å². The highest BCUT2D eigenvalue weighted by Crippen LogP contribution is 2.25. The average Bonchev–Trinajstić information content (AvgIpc) is 3.22. The van der Waals surface area contributed by atoms with Crippen LogP contribution in [-0.4, -0.2) is 73.0 Å². The van der Waals surface area contributed by atoms with E-state index in [4.69, 9.17) is 21.1 Å². The largest absolute Gasteiger partial charge is 0.465 e. The maximum absolute atomic E-state index is 12.9. The Morgan fingerprint density at radius 3 is 1.37 bits per heavy atom. The molecule has 1 amide bonds. The number of carbonyl (C=O) groups is 3. The molecular formula is C51H97ClN2O5. The molecule has 0 aromatic carbocycles. The second-order valence-corrected chi connectivity index (χ2v) is 19.1. The van der Waals surface area contributed by atoms with E-state index in [1.165, 1.54) is 109 Å². The second kappa shape index (κ2) is 39.5. The molecule has 1 aliphatic heterocycles. The maximum atomic E-state index is 12.9. The van der Waals surface area contributed by atoms with Gasteiger partial charge in [-0.2, -0.15) is 0 Å². The zero-order chi connectivity index (χ0) is 43.2. The molecule has 1 aliphatic rings. The molecule has 348 valence electrons. The minimum Gasteiger partial charge on any atom is -0.465 e. The van der Waals surface area contributed by atoms with Crippen LogP contribution in [0.25, 0.3) is 0 Å². The first-order valence-corrected chi connectivity index (χ1v) is 26.1. The fourth-order valence-electron chi connectivity index (χ4n) is 9.13. The fourth-order valence-corrected chi connectivity index (χ4v) is 9.33. The zero-order valence-corrected chi connectivity index (χ0v) is 40.5. The fraction of sp³-hybridized carbons (Fsp3) is 0.941.